The van der Waals surface area contributed by atoms with Gasteiger partial charge in [-0.25, -0.2) is 4.79 Å². The van der Waals surface area contributed by atoms with Crippen molar-refractivity contribution in [2.45, 2.75) is 45.6 Å². The fourth-order valence-corrected chi connectivity index (χ4v) is 2.83. The van der Waals surface area contributed by atoms with Crippen LogP contribution >= 0.6 is 0 Å². The van der Waals surface area contributed by atoms with Crippen LogP contribution in [0.4, 0.5) is 4.79 Å². The molecule has 1 saturated heterocycles. The van der Waals surface area contributed by atoms with Crippen molar-refractivity contribution in [2.75, 3.05) is 26.2 Å². The Kier molecular flexibility index (Phi) is 6.46. The smallest absolute Gasteiger partial charge is 0.410 e. The highest BCUT2D eigenvalue weighted by Gasteiger charge is 2.26. The molecule has 0 saturated carbocycles. The lowest BCUT2D eigenvalue weighted by Gasteiger charge is -2.33. The van der Waals surface area contributed by atoms with Crippen LogP contribution in [-0.4, -0.2) is 42.8 Å². The molecule has 0 bridgehead atoms. The number of nitrogens with zero attached hydrogens (tertiary/aromatic N) is 1. The second kappa shape index (κ2) is 8.34. The molecule has 1 N–H and O–H groups in total. The Bertz CT molecular complexity index is 474. The van der Waals surface area contributed by atoms with E-state index >= 15 is 0 Å². The van der Waals surface area contributed by atoms with E-state index in [-0.39, 0.29) is 6.09 Å². The average molecular weight is 318 g/mol. The summed E-state index contributed by atoms with van der Waals surface area (Å²) in [5.41, 5.74) is 0.965. The van der Waals surface area contributed by atoms with Gasteiger partial charge in [0.2, 0.25) is 0 Å². The Morgan fingerprint density at radius 2 is 1.87 bits per heavy atom. The van der Waals surface area contributed by atoms with Crippen molar-refractivity contribution in [3.8, 4) is 0 Å². The third-order valence-electron chi connectivity index (χ3n) is 4.13. The molecule has 1 amide bonds. The maximum Gasteiger partial charge on any atom is 0.410 e. The lowest BCUT2D eigenvalue weighted by molar-refractivity contribution is 0.0184. The van der Waals surface area contributed by atoms with Crippen molar-refractivity contribution >= 4 is 6.09 Å². The molecule has 4 nitrogen and oxygen atoms in total. The minimum absolute atomic E-state index is 0.173. The van der Waals surface area contributed by atoms with Crippen LogP contribution in [0.2, 0.25) is 0 Å². The Morgan fingerprint density at radius 3 is 2.48 bits per heavy atom. The van der Waals surface area contributed by atoms with Gasteiger partial charge in [-0.05, 0) is 64.6 Å². The fourth-order valence-electron chi connectivity index (χ4n) is 2.83. The Hall–Kier alpha value is -1.55. The number of carbonyl (C=O) groups is 1. The largest absolute Gasteiger partial charge is 0.444 e. The Morgan fingerprint density at radius 1 is 1.22 bits per heavy atom. The fraction of sp³-hybridized carbons (Fsp3) is 0.632. The van der Waals surface area contributed by atoms with Crippen LogP contribution in [0.3, 0.4) is 0 Å². The van der Waals surface area contributed by atoms with E-state index < -0.39 is 5.60 Å². The zero-order chi connectivity index (χ0) is 16.7. The summed E-state index contributed by atoms with van der Waals surface area (Å²) < 4.78 is 5.43. The highest BCUT2D eigenvalue weighted by Crippen LogP contribution is 2.19. The first-order chi connectivity index (χ1) is 10.9. The van der Waals surface area contributed by atoms with E-state index in [1.807, 2.05) is 25.7 Å². The normalized spacial score (nSPS) is 16.4. The topological polar surface area (TPSA) is 41.6 Å². The third-order valence-corrected chi connectivity index (χ3v) is 4.13. The molecule has 1 aliphatic heterocycles. The summed E-state index contributed by atoms with van der Waals surface area (Å²) in [6.07, 6.45) is 3.00. The molecule has 0 aliphatic carbocycles. The third kappa shape index (κ3) is 6.61. The first kappa shape index (κ1) is 17.8. The van der Waals surface area contributed by atoms with Gasteiger partial charge in [0.1, 0.15) is 5.60 Å². The molecule has 128 valence electrons. The van der Waals surface area contributed by atoms with Gasteiger partial charge in [0.15, 0.2) is 0 Å². The van der Waals surface area contributed by atoms with Gasteiger partial charge in [0.05, 0.1) is 0 Å². The molecule has 0 aromatic heterocycles. The first-order valence-electron chi connectivity index (χ1n) is 8.66. The predicted molar refractivity (Wildman–Crippen MR) is 93.5 cm³/mol. The highest BCUT2D eigenvalue weighted by atomic mass is 16.6. The van der Waals surface area contributed by atoms with Crippen molar-refractivity contribution in [3.63, 3.8) is 0 Å². The summed E-state index contributed by atoms with van der Waals surface area (Å²) in [5.74, 6) is 0.657. The van der Waals surface area contributed by atoms with Crippen LogP contribution in [0.1, 0.15) is 39.2 Å². The molecule has 1 aliphatic rings. The predicted octanol–water partition coefficient (Wildman–Crippen LogP) is 3.47. The number of piperidine rings is 1. The lowest BCUT2D eigenvalue weighted by atomic mass is 9.97. The van der Waals surface area contributed by atoms with E-state index in [1.165, 1.54) is 5.56 Å². The molecule has 0 atom stereocenters. The van der Waals surface area contributed by atoms with E-state index in [0.29, 0.717) is 5.92 Å². The van der Waals surface area contributed by atoms with Gasteiger partial charge < -0.3 is 15.0 Å². The molecule has 0 spiro atoms. The molecule has 1 aromatic rings. The van der Waals surface area contributed by atoms with Crippen LogP contribution in [0, 0.1) is 5.92 Å². The summed E-state index contributed by atoms with van der Waals surface area (Å²) in [7, 11) is 0. The lowest BCUT2D eigenvalue weighted by Crippen LogP contribution is -2.43. The van der Waals surface area contributed by atoms with Gasteiger partial charge in [0.25, 0.3) is 0 Å². The summed E-state index contributed by atoms with van der Waals surface area (Å²) in [4.78, 5) is 13.9. The van der Waals surface area contributed by atoms with E-state index in [9.17, 15) is 4.79 Å². The number of benzene rings is 1. The zero-order valence-corrected chi connectivity index (χ0v) is 14.7. The maximum absolute atomic E-state index is 12.0. The minimum Gasteiger partial charge on any atom is -0.444 e. The van der Waals surface area contributed by atoms with Gasteiger partial charge in [-0.15, -0.1) is 0 Å². The average Bonchev–Trinajstić information content (AvgIpc) is 2.51. The van der Waals surface area contributed by atoms with Crippen molar-refractivity contribution < 1.29 is 9.53 Å². The molecule has 4 heteroatoms. The van der Waals surface area contributed by atoms with Gasteiger partial charge in [-0.2, -0.15) is 0 Å². The summed E-state index contributed by atoms with van der Waals surface area (Å²) in [6.45, 7) is 9.39. The van der Waals surface area contributed by atoms with Gasteiger partial charge in [0, 0.05) is 13.1 Å². The van der Waals surface area contributed by atoms with Crippen LogP contribution in [-0.2, 0) is 11.2 Å². The Labute approximate surface area is 140 Å². The molecule has 0 unspecified atom stereocenters. The molecular weight excluding hydrogens is 288 g/mol. The number of hydrogen-bond acceptors (Lipinski definition) is 3. The van der Waals surface area contributed by atoms with Crippen LogP contribution in [0.5, 0.6) is 0 Å². The van der Waals surface area contributed by atoms with Crippen molar-refractivity contribution in [1.82, 2.24) is 10.2 Å². The zero-order valence-electron chi connectivity index (χ0n) is 14.7. The number of carbonyl (C=O) groups excluding carboxylic acids is 1. The quantitative estimate of drug-likeness (QED) is 0.845. The van der Waals surface area contributed by atoms with Crippen LogP contribution in [0.25, 0.3) is 0 Å². The maximum atomic E-state index is 12.0. The summed E-state index contributed by atoms with van der Waals surface area (Å²) in [5, 5.41) is 3.55. The van der Waals surface area contributed by atoms with Gasteiger partial charge in [-0.3, -0.25) is 0 Å². The highest BCUT2D eigenvalue weighted by molar-refractivity contribution is 5.68. The van der Waals surface area contributed by atoms with Gasteiger partial charge >= 0.3 is 6.09 Å². The molecule has 1 aromatic carbocycles. The summed E-state index contributed by atoms with van der Waals surface area (Å²) >= 11 is 0. The molecule has 2 rings (SSSR count). The standard InChI is InChI=1S/C19H30N2O2/c1-19(2,3)23-18(22)21-13-10-17(11-14-21)15-20-12-9-16-7-5-4-6-8-16/h4-8,17,20H,9-15H2,1-3H3. The van der Waals surface area contributed by atoms with E-state index in [4.69, 9.17) is 4.74 Å². The number of amides is 1. The number of likely N-dealkylation sites (tertiary alicyclic amines) is 1. The van der Waals surface area contributed by atoms with Crippen LogP contribution in [0.15, 0.2) is 30.3 Å². The van der Waals surface area contributed by atoms with E-state index in [1.54, 1.807) is 0 Å². The van der Waals surface area contributed by atoms with Crippen molar-refractivity contribution in [1.29, 1.82) is 0 Å². The molecule has 23 heavy (non-hydrogen) atoms. The SMILES string of the molecule is CC(C)(C)OC(=O)N1CCC(CNCCc2ccccc2)CC1. The number of rotatable bonds is 5. The molecule has 1 heterocycles. The van der Waals surface area contributed by atoms with E-state index in [0.717, 1.165) is 45.4 Å². The van der Waals surface area contributed by atoms with E-state index in [2.05, 4.69) is 35.6 Å². The monoisotopic (exact) mass is 318 g/mol. The molecule has 1 fully saturated rings. The molecule has 0 radical (unpaired) electrons. The second-order valence-electron chi connectivity index (χ2n) is 7.35. The summed E-state index contributed by atoms with van der Waals surface area (Å²) in [6, 6.07) is 10.6. The number of nitrogens with one attached hydrogen (secondary N) is 1. The minimum atomic E-state index is -0.410. The van der Waals surface area contributed by atoms with Crippen molar-refractivity contribution in [2.24, 2.45) is 5.92 Å². The molecular formula is C19H30N2O2. The Balaban J connectivity index is 1.60. The first-order valence-corrected chi connectivity index (χ1v) is 8.66. The number of ether oxygens (including phenoxy) is 1. The van der Waals surface area contributed by atoms with Crippen molar-refractivity contribution in [3.05, 3.63) is 35.9 Å². The second-order valence-corrected chi connectivity index (χ2v) is 7.35. The number of hydrogen-bond donors (Lipinski definition) is 1. The van der Waals surface area contributed by atoms with Crippen LogP contribution < -0.4 is 5.32 Å². The van der Waals surface area contributed by atoms with Gasteiger partial charge in [-0.1, -0.05) is 30.3 Å².